The molecule has 0 aliphatic carbocycles. The molecular weight excluding hydrogens is 462 g/mol. The van der Waals surface area contributed by atoms with Gasteiger partial charge >= 0.3 is 0 Å². The molecule has 2 saturated heterocycles. The van der Waals surface area contributed by atoms with Crippen molar-refractivity contribution in [3.63, 3.8) is 0 Å². The molecule has 2 fully saturated rings. The van der Waals surface area contributed by atoms with Crippen LogP contribution in [0, 0.1) is 0 Å². The highest BCUT2D eigenvalue weighted by molar-refractivity contribution is 5.19. The average molecular weight is 502 g/mol. The fourth-order valence-electron chi connectivity index (χ4n) is 5.46. The van der Waals surface area contributed by atoms with Crippen LogP contribution in [-0.2, 0) is 9.47 Å². The van der Waals surface area contributed by atoms with Gasteiger partial charge in [-0.1, -0.05) is 67.1 Å². The first-order chi connectivity index (χ1) is 17.4. The summed E-state index contributed by atoms with van der Waals surface area (Å²) in [6.45, 7) is -0.502. The Morgan fingerprint density at radius 2 is 1.44 bits per heavy atom. The van der Waals surface area contributed by atoms with E-state index in [4.69, 9.17) is 9.47 Å². The lowest BCUT2D eigenvalue weighted by Gasteiger charge is -2.44. The molecule has 4 rings (SSSR count). The Morgan fingerprint density at radius 3 is 2.06 bits per heavy atom. The van der Waals surface area contributed by atoms with Crippen molar-refractivity contribution in [2.75, 3.05) is 13.7 Å². The molecule has 0 bridgehead atoms. The van der Waals surface area contributed by atoms with Crippen LogP contribution in [0.4, 0.5) is 0 Å². The van der Waals surface area contributed by atoms with Crippen LogP contribution in [0.1, 0.15) is 55.4 Å². The highest BCUT2D eigenvalue weighted by atomic mass is 16.7. The average Bonchev–Trinajstić information content (AvgIpc) is 2.91. The first kappa shape index (κ1) is 27.2. The van der Waals surface area contributed by atoms with Crippen molar-refractivity contribution < 1.29 is 35.0 Å². The Bertz CT molecular complexity index is 915. The normalized spacial score (nSPS) is 33.2. The summed E-state index contributed by atoms with van der Waals surface area (Å²) in [5.74, 6) is 0. The zero-order chi connectivity index (χ0) is 25.7. The maximum atomic E-state index is 10.8. The quantitative estimate of drug-likeness (QED) is 0.353. The molecule has 9 atom stereocenters. The van der Waals surface area contributed by atoms with Gasteiger partial charge in [-0.15, -0.1) is 0 Å². The second kappa shape index (κ2) is 12.6. The molecule has 0 aromatic heterocycles. The molecule has 2 aliphatic rings. The Balaban J connectivity index is 1.47. The van der Waals surface area contributed by atoms with Crippen LogP contribution in [0.15, 0.2) is 60.7 Å². The summed E-state index contributed by atoms with van der Waals surface area (Å²) >= 11 is 0. The predicted molar refractivity (Wildman–Crippen MR) is 134 cm³/mol. The number of ether oxygens (including phenoxy) is 2. The van der Waals surface area contributed by atoms with Gasteiger partial charge in [0.05, 0.1) is 18.8 Å². The molecule has 2 aromatic carbocycles. The summed E-state index contributed by atoms with van der Waals surface area (Å²) < 4.78 is 11.9. The number of hydrogen-bond acceptors (Lipinski definition) is 8. The van der Waals surface area contributed by atoms with E-state index >= 15 is 0 Å². The number of piperidine rings is 1. The molecule has 0 spiro atoms. The fourth-order valence-corrected chi connectivity index (χ4v) is 5.46. The molecular formula is C28H39NO7. The lowest BCUT2D eigenvalue weighted by atomic mass is 9.87. The molecule has 2 heterocycles. The van der Waals surface area contributed by atoms with Crippen LogP contribution in [0.25, 0.3) is 0 Å². The van der Waals surface area contributed by atoms with Crippen molar-refractivity contribution in [2.24, 2.45) is 0 Å². The van der Waals surface area contributed by atoms with Gasteiger partial charge in [0.1, 0.15) is 24.4 Å². The zero-order valence-electron chi connectivity index (χ0n) is 20.7. The van der Waals surface area contributed by atoms with E-state index in [1.54, 1.807) is 0 Å². The van der Waals surface area contributed by atoms with E-state index in [1.165, 1.54) is 0 Å². The van der Waals surface area contributed by atoms with E-state index < -0.39 is 49.5 Å². The number of nitrogens with zero attached hydrogens (tertiary/aromatic N) is 1. The smallest absolute Gasteiger partial charge is 0.187 e. The van der Waals surface area contributed by atoms with Crippen LogP contribution in [-0.4, -0.2) is 86.9 Å². The van der Waals surface area contributed by atoms with Crippen LogP contribution < -0.4 is 0 Å². The van der Waals surface area contributed by atoms with Crippen molar-refractivity contribution in [3.8, 4) is 0 Å². The van der Waals surface area contributed by atoms with Crippen LogP contribution in [0.3, 0.4) is 0 Å². The van der Waals surface area contributed by atoms with Gasteiger partial charge in [0.25, 0.3) is 0 Å². The third kappa shape index (κ3) is 6.33. The topological polar surface area (TPSA) is 123 Å². The van der Waals surface area contributed by atoms with Gasteiger partial charge in [-0.05, 0) is 43.9 Å². The highest BCUT2D eigenvalue weighted by Crippen LogP contribution is 2.36. The SMILES string of the molecule is CN1[C@@H](C[C@@H](O)c2ccccc2)CCC[C@H]1C[C@H](O[C@@H]1O[C@H](CO)[C@@H](O)[C@H](O)[C@H]1O)c1ccccc1. The minimum absolute atomic E-state index is 0.168. The van der Waals surface area contributed by atoms with Gasteiger partial charge in [0.2, 0.25) is 0 Å². The fraction of sp³-hybridized carbons (Fsp3) is 0.571. The molecule has 8 nitrogen and oxygen atoms in total. The van der Waals surface area contributed by atoms with Gasteiger partial charge < -0.3 is 39.9 Å². The minimum Gasteiger partial charge on any atom is -0.394 e. The van der Waals surface area contributed by atoms with Gasteiger partial charge in [0, 0.05) is 12.1 Å². The standard InChI is InChI=1S/C28H39NO7/c1-29-20(15-22(31)18-9-4-2-5-10-18)13-8-14-21(29)16-23(19-11-6-3-7-12-19)35-28-27(34)26(33)25(32)24(17-30)36-28/h2-7,9-12,20-28,30-34H,8,13-17H2,1H3/t20-,21+,22-,23+,24-,25-,26+,27-,28-/m1/s1. The Labute approximate surface area is 212 Å². The molecule has 2 aromatic rings. The zero-order valence-corrected chi connectivity index (χ0v) is 20.7. The third-order valence-corrected chi connectivity index (χ3v) is 7.71. The lowest BCUT2D eigenvalue weighted by Crippen LogP contribution is -2.59. The molecule has 0 radical (unpaired) electrons. The number of benzene rings is 2. The minimum atomic E-state index is -1.49. The maximum absolute atomic E-state index is 10.8. The van der Waals surface area contributed by atoms with Crippen molar-refractivity contribution in [1.29, 1.82) is 0 Å². The first-order valence-electron chi connectivity index (χ1n) is 12.8. The summed E-state index contributed by atoms with van der Waals surface area (Å²) in [4.78, 5) is 2.32. The number of aliphatic hydroxyl groups is 5. The van der Waals surface area contributed by atoms with Crippen molar-refractivity contribution in [1.82, 2.24) is 4.90 Å². The summed E-state index contributed by atoms with van der Waals surface area (Å²) in [6, 6.07) is 19.8. The van der Waals surface area contributed by atoms with Crippen LogP contribution in [0.5, 0.6) is 0 Å². The third-order valence-electron chi connectivity index (χ3n) is 7.71. The Kier molecular flexibility index (Phi) is 9.49. The second-order valence-electron chi connectivity index (χ2n) is 10.0. The van der Waals surface area contributed by atoms with Crippen LogP contribution >= 0.6 is 0 Å². The van der Waals surface area contributed by atoms with Gasteiger partial charge in [-0.25, -0.2) is 0 Å². The van der Waals surface area contributed by atoms with Crippen molar-refractivity contribution >= 4 is 0 Å². The summed E-state index contributed by atoms with van der Waals surface area (Å²) in [5.41, 5.74) is 1.83. The molecule has 0 saturated carbocycles. The Morgan fingerprint density at radius 1 is 0.861 bits per heavy atom. The van der Waals surface area contributed by atoms with E-state index in [0.29, 0.717) is 12.8 Å². The Hall–Kier alpha value is -1.88. The number of likely N-dealkylation sites (tertiary alicyclic amines) is 1. The monoisotopic (exact) mass is 501 g/mol. The van der Waals surface area contributed by atoms with E-state index in [0.717, 1.165) is 30.4 Å². The molecule has 36 heavy (non-hydrogen) atoms. The van der Waals surface area contributed by atoms with E-state index in [2.05, 4.69) is 11.9 Å². The molecule has 0 amide bonds. The molecule has 0 unspecified atom stereocenters. The highest BCUT2D eigenvalue weighted by Gasteiger charge is 2.45. The van der Waals surface area contributed by atoms with E-state index in [1.807, 2.05) is 60.7 Å². The maximum Gasteiger partial charge on any atom is 0.187 e. The van der Waals surface area contributed by atoms with Crippen LogP contribution in [0.2, 0.25) is 0 Å². The number of aliphatic hydroxyl groups excluding tert-OH is 5. The largest absolute Gasteiger partial charge is 0.394 e. The summed E-state index contributed by atoms with van der Waals surface area (Å²) in [7, 11) is 2.09. The van der Waals surface area contributed by atoms with Gasteiger partial charge in [-0.3, -0.25) is 0 Å². The lowest BCUT2D eigenvalue weighted by molar-refractivity contribution is -0.313. The summed E-state index contributed by atoms with van der Waals surface area (Å²) in [6.07, 6.45) is -3.31. The first-order valence-corrected chi connectivity index (χ1v) is 12.8. The molecule has 2 aliphatic heterocycles. The predicted octanol–water partition coefficient (Wildman–Crippen LogP) is 1.91. The second-order valence-corrected chi connectivity index (χ2v) is 10.0. The molecule has 198 valence electrons. The van der Waals surface area contributed by atoms with Crippen molar-refractivity contribution in [2.45, 2.75) is 87.1 Å². The molecule has 5 N–H and O–H groups in total. The van der Waals surface area contributed by atoms with E-state index in [-0.39, 0.29) is 12.1 Å². The van der Waals surface area contributed by atoms with Gasteiger partial charge in [-0.2, -0.15) is 0 Å². The summed E-state index contributed by atoms with van der Waals surface area (Å²) in [5, 5.41) is 51.3. The van der Waals surface area contributed by atoms with Gasteiger partial charge in [0.15, 0.2) is 6.29 Å². The number of rotatable bonds is 9. The number of hydrogen-bond donors (Lipinski definition) is 5. The van der Waals surface area contributed by atoms with E-state index in [9.17, 15) is 25.5 Å². The molecule has 8 heteroatoms. The van der Waals surface area contributed by atoms with Crippen molar-refractivity contribution in [3.05, 3.63) is 71.8 Å².